The second kappa shape index (κ2) is 6.81. The number of sulfonamides is 1. The van der Waals surface area contributed by atoms with Crippen LogP contribution in [-0.2, 0) is 21.4 Å². The molecule has 20 heavy (non-hydrogen) atoms. The van der Waals surface area contributed by atoms with Gasteiger partial charge in [0.05, 0.1) is 5.75 Å². The number of carbonyl (C=O) groups is 1. The minimum Gasteiger partial charge on any atom is -0.352 e. The van der Waals surface area contributed by atoms with Gasteiger partial charge in [0.2, 0.25) is 15.9 Å². The highest BCUT2D eigenvalue weighted by Crippen LogP contribution is 2.13. The summed E-state index contributed by atoms with van der Waals surface area (Å²) in [7, 11) is -3.14. The van der Waals surface area contributed by atoms with E-state index in [2.05, 4.69) is 10.3 Å². The predicted octanol–water partition coefficient (Wildman–Crippen LogP) is 0.514. The highest BCUT2D eigenvalue weighted by atomic mass is 32.2. The van der Waals surface area contributed by atoms with Crippen molar-refractivity contribution in [2.24, 2.45) is 0 Å². The Hall–Kier alpha value is -1.47. The minimum atomic E-state index is -3.14. The Morgan fingerprint density at radius 3 is 2.75 bits per heavy atom. The van der Waals surface area contributed by atoms with Crippen LogP contribution in [0.4, 0.5) is 0 Å². The molecule has 1 N–H and O–H groups in total. The first-order chi connectivity index (χ1) is 9.58. The Kier molecular flexibility index (Phi) is 5.08. The van der Waals surface area contributed by atoms with E-state index in [0.717, 1.165) is 12.0 Å². The molecule has 1 aliphatic rings. The standard InChI is InChI=1S/C13H19N3O3S/c17-13(15-11-12-3-6-14-7-4-12)5-9-16-8-1-2-10-20(16,18)19/h3-4,6-7H,1-2,5,8-11H2,(H,15,17). The first kappa shape index (κ1) is 14.9. The Bertz CT molecular complexity index is 545. The lowest BCUT2D eigenvalue weighted by molar-refractivity contribution is -0.121. The number of nitrogens with one attached hydrogen (secondary N) is 1. The van der Waals surface area contributed by atoms with Crippen LogP contribution in [0.1, 0.15) is 24.8 Å². The zero-order valence-electron chi connectivity index (χ0n) is 11.3. The van der Waals surface area contributed by atoms with E-state index in [4.69, 9.17) is 0 Å². The van der Waals surface area contributed by atoms with E-state index < -0.39 is 10.0 Å². The monoisotopic (exact) mass is 297 g/mol. The largest absolute Gasteiger partial charge is 0.352 e. The summed E-state index contributed by atoms with van der Waals surface area (Å²) in [5, 5.41) is 2.78. The van der Waals surface area contributed by atoms with Crippen molar-refractivity contribution >= 4 is 15.9 Å². The third-order valence-electron chi connectivity index (χ3n) is 3.28. The van der Waals surface area contributed by atoms with Gasteiger partial charge in [-0.2, -0.15) is 0 Å². The Balaban J connectivity index is 1.75. The fourth-order valence-electron chi connectivity index (χ4n) is 2.11. The van der Waals surface area contributed by atoms with Crippen molar-refractivity contribution in [1.82, 2.24) is 14.6 Å². The van der Waals surface area contributed by atoms with Crippen LogP contribution >= 0.6 is 0 Å². The number of hydrogen-bond donors (Lipinski definition) is 1. The first-order valence-electron chi connectivity index (χ1n) is 6.71. The van der Waals surface area contributed by atoms with Crippen molar-refractivity contribution in [1.29, 1.82) is 0 Å². The second-order valence-electron chi connectivity index (χ2n) is 4.80. The van der Waals surface area contributed by atoms with Crippen molar-refractivity contribution < 1.29 is 13.2 Å². The molecule has 2 rings (SSSR count). The van der Waals surface area contributed by atoms with Crippen molar-refractivity contribution in [3.63, 3.8) is 0 Å². The fraction of sp³-hybridized carbons (Fsp3) is 0.538. The number of hydrogen-bond acceptors (Lipinski definition) is 4. The van der Waals surface area contributed by atoms with E-state index in [9.17, 15) is 13.2 Å². The summed E-state index contributed by atoms with van der Waals surface area (Å²) >= 11 is 0. The molecule has 0 saturated carbocycles. The molecule has 1 amide bonds. The lowest BCUT2D eigenvalue weighted by atomic mass is 10.2. The van der Waals surface area contributed by atoms with E-state index in [-0.39, 0.29) is 24.6 Å². The molecule has 0 unspecified atom stereocenters. The van der Waals surface area contributed by atoms with Crippen LogP contribution in [0.3, 0.4) is 0 Å². The second-order valence-corrected chi connectivity index (χ2v) is 6.89. The molecule has 0 bridgehead atoms. The van der Waals surface area contributed by atoms with Gasteiger partial charge in [0, 0.05) is 38.4 Å². The van der Waals surface area contributed by atoms with Crippen molar-refractivity contribution in [3.8, 4) is 0 Å². The zero-order valence-corrected chi connectivity index (χ0v) is 12.1. The van der Waals surface area contributed by atoms with Crippen LogP contribution in [-0.4, -0.2) is 42.5 Å². The highest BCUT2D eigenvalue weighted by Gasteiger charge is 2.25. The third kappa shape index (κ3) is 4.28. The molecule has 0 spiro atoms. The van der Waals surface area contributed by atoms with Crippen LogP contribution < -0.4 is 5.32 Å². The summed E-state index contributed by atoms with van der Waals surface area (Å²) in [6.45, 7) is 1.23. The number of pyridine rings is 1. The quantitative estimate of drug-likeness (QED) is 0.859. The van der Waals surface area contributed by atoms with E-state index in [1.807, 2.05) is 12.1 Å². The maximum Gasteiger partial charge on any atom is 0.221 e. The van der Waals surface area contributed by atoms with Gasteiger partial charge in [0.1, 0.15) is 0 Å². The Morgan fingerprint density at radius 1 is 1.30 bits per heavy atom. The molecule has 0 radical (unpaired) electrons. The van der Waals surface area contributed by atoms with E-state index >= 15 is 0 Å². The number of amides is 1. The van der Waals surface area contributed by atoms with Gasteiger partial charge in [-0.1, -0.05) is 0 Å². The van der Waals surface area contributed by atoms with Crippen LogP contribution in [0, 0.1) is 0 Å². The Morgan fingerprint density at radius 2 is 2.05 bits per heavy atom. The lowest BCUT2D eigenvalue weighted by Crippen LogP contribution is -2.40. The molecule has 1 aromatic rings. The predicted molar refractivity (Wildman–Crippen MR) is 75.3 cm³/mol. The molecule has 6 nitrogen and oxygen atoms in total. The molecule has 1 fully saturated rings. The normalized spacial score (nSPS) is 18.6. The summed E-state index contributed by atoms with van der Waals surface area (Å²) in [5.74, 6) is 0.0635. The molecule has 110 valence electrons. The van der Waals surface area contributed by atoms with Gasteiger partial charge in [-0.05, 0) is 30.5 Å². The van der Waals surface area contributed by atoms with Crippen molar-refractivity contribution in [2.75, 3.05) is 18.8 Å². The summed E-state index contributed by atoms with van der Waals surface area (Å²) in [5.41, 5.74) is 0.971. The fourth-order valence-corrected chi connectivity index (χ4v) is 3.71. The third-order valence-corrected chi connectivity index (χ3v) is 5.24. The summed E-state index contributed by atoms with van der Waals surface area (Å²) < 4.78 is 24.9. The van der Waals surface area contributed by atoms with Crippen LogP contribution in [0.2, 0.25) is 0 Å². The Labute approximate surface area is 119 Å². The SMILES string of the molecule is O=C(CCN1CCCCS1(=O)=O)NCc1ccncc1. The van der Waals surface area contributed by atoms with Gasteiger partial charge in [0.25, 0.3) is 0 Å². The van der Waals surface area contributed by atoms with Gasteiger partial charge in [-0.15, -0.1) is 0 Å². The lowest BCUT2D eigenvalue weighted by Gasteiger charge is -2.25. The number of aromatic nitrogens is 1. The number of rotatable bonds is 5. The average Bonchev–Trinajstić information content (AvgIpc) is 2.44. The van der Waals surface area contributed by atoms with Crippen LogP contribution in [0.15, 0.2) is 24.5 Å². The average molecular weight is 297 g/mol. The molecule has 1 saturated heterocycles. The molecule has 0 aromatic carbocycles. The molecule has 0 atom stereocenters. The molecule has 2 heterocycles. The van der Waals surface area contributed by atoms with E-state index in [1.165, 1.54) is 4.31 Å². The molecular formula is C13H19N3O3S. The number of nitrogens with zero attached hydrogens (tertiary/aromatic N) is 2. The molecule has 1 aliphatic heterocycles. The maximum atomic E-state index is 11.8. The van der Waals surface area contributed by atoms with Crippen LogP contribution in [0.5, 0.6) is 0 Å². The molecular weight excluding hydrogens is 278 g/mol. The molecule has 1 aromatic heterocycles. The summed E-state index contributed by atoms with van der Waals surface area (Å²) in [6.07, 6.45) is 5.12. The van der Waals surface area contributed by atoms with Gasteiger partial charge < -0.3 is 5.32 Å². The highest BCUT2D eigenvalue weighted by molar-refractivity contribution is 7.89. The van der Waals surface area contributed by atoms with Crippen LogP contribution in [0.25, 0.3) is 0 Å². The van der Waals surface area contributed by atoms with E-state index in [0.29, 0.717) is 19.5 Å². The van der Waals surface area contributed by atoms with Gasteiger partial charge >= 0.3 is 0 Å². The van der Waals surface area contributed by atoms with Gasteiger partial charge in [0.15, 0.2) is 0 Å². The smallest absolute Gasteiger partial charge is 0.221 e. The van der Waals surface area contributed by atoms with E-state index in [1.54, 1.807) is 12.4 Å². The first-order valence-corrected chi connectivity index (χ1v) is 8.32. The topological polar surface area (TPSA) is 79.4 Å². The number of carbonyl (C=O) groups excluding carboxylic acids is 1. The minimum absolute atomic E-state index is 0.136. The van der Waals surface area contributed by atoms with Gasteiger partial charge in [-0.3, -0.25) is 9.78 Å². The molecule has 0 aliphatic carbocycles. The van der Waals surface area contributed by atoms with Crippen molar-refractivity contribution in [2.45, 2.75) is 25.8 Å². The summed E-state index contributed by atoms with van der Waals surface area (Å²) in [4.78, 5) is 15.6. The zero-order chi connectivity index (χ0) is 14.4. The van der Waals surface area contributed by atoms with Crippen molar-refractivity contribution in [3.05, 3.63) is 30.1 Å². The van der Waals surface area contributed by atoms with Gasteiger partial charge in [-0.25, -0.2) is 12.7 Å². The summed E-state index contributed by atoms with van der Waals surface area (Å²) in [6, 6.07) is 3.66. The molecule has 7 heteroatoms. The maximum absolute atomic E-state index is 11.8.